The lowest BCUT2D eigenvalue weighted by molar-refractivity contribution is 0.557. The Morgan fingerprint density at radius 3 is 2.71 bits per heavy atom. The molecule has 0 bridgehead atoms. The Bertz CT molecular complexity index is 476. The van der Waals surface area contributed by atoms with Gasteiger partial charge in [0.25, 0.3) is 5.56 Å². The number of pyridine rings is 1. The van der Waals surface area contributed by atoms with Crippen LogP contribution in [0.15, 0.2) is 10.9 Å². The first kappa shape index (κ1) is 12.2. The van der Waals surface area contributed by atoms with E-state index in [-0.39, 0.29) is 5.56 Å². The summed E-state index contributed by atoms with van der Waals surface area (Å²) < 4.78 is 1.86. The highest BCUT2D eigenvalue weighted by atomic mass is 16.1. The van der Waals surface area contributed by atoms with Crippen molar-refractivity contribution in [1.82, 2.24) is 4.57 Å². The number of aromatic nitrogens is 1. The molecule has 1 aliphatic heterocycles. The predicted molar refractivity (Wildman–Crippen MR) is 70.6 cm³/mol. The maximum atomic E-state index is 12.1. The largest absolute Gasteiger partial charge is 0.361 e. The van der Waals surface area contributed by atoms with Crippen molar-refractivity contribution in [3.05, 3.63) is 27.5 Å². The van der Waals surface area contributed by atoms with Crippen molar-refractivity contribution in [2.75, 3.05) is 18.5 Å². The van der Waals surface area contributed by atoms with Crippen LogP contribution in [0.5, 0.6) is 0 Å². The van der Waals surface area contributed by atoms with Gasteiger partial charge in [0.05, 0.1) is 0 Å². The van der Waals surface area contributed by atoms with Crippen molar-refractivity contribution in [2.45, 2.75) is 39.3 Å². The predicted octanol–water partition coefficient (Wildman–Crippen LogP) is 1.27. The molecule has 0 radical (unpaired) electrons. The summed E-state index contributed by atoms with van der Waals surface area (Å²) in [7, 11) is 2.04. The van der Waals surface area contributed by atoms with Gasteiger partial charge in [-0.2, -0.15) is 0 Å². The van der Waals surface area contributed by atoms with E-state index in [1.54, 1.807) is 6.07 Å². The Balaban J connectivity index is 2.72. The average Bonchev–Trinajstić information content (AvgIpc) is 2.29. The van der Waals surface area contributed by atoms with Crippen LogP contribution in [-0.2, 0) is 13.1 Å². The molecule has 17 heavy (non-hydrogen) atoms. The van der Waals surface area contributed by atoms with E-state index in [9.17, 15) is 4.79 Å². The van der Waals surface area contributed by atoms with Crippen LogP contribution in [0.4, 0.5) is 5.82 Å². The molecule has 0 aliphatic carbocycles. The normalized spacial score (nSPS) is 15.2. The zero-order chi connectivity index (χ0) is 12.6. The van der Waals surface area contributed by atoms with Gasteiger partial charge in [-0.05, 0) is 17.9 Å². The molecule has 0 amide bonds. The minimum absolute atomic E-state index is 0.104. The summed E-state index contributed by atoms with van der Waals surface area (Å²) in [5.41, 5.74) is 8.21. The van der Waals surface area contributed by atoms with E-state index < -0.39 is 0 Å². The summed E-state index contributed by atoms with van der Waals surface area (Å²) in [6.07, 6.45) is 1.02. The molecule has 2 heterocycles. The number of nitrogens with zero attached hydrogens (tertiary/aromatic N) is 2. The van der Waals surface area contributed by atoms with E-state index in [0.717, 1.165) is 36.5 Å². The van der Waals surface area contributed by atoms with Gasteiger partial charge in [0.1, 0.15) is 5.82 Å². The van der Waals surface area contributed by atoms with Gasteiger partial charge in [-0.25, -0.2) is 0 Å². The van der Waals surface area contributed by atoms with Gasteiger partial charge >= 0.3 is 0 Å². The first-order valence-corrected chi connectivity index (χ1v) is 6.24. The highest BCUT2D eigenvalue weighted by Gasteiger charge is 2.21. The summed E-state index contributed by atoms with van der Waals surface area (Å²) in [4.78, 5) is 14.3. The van der Waals surface area contributed by atoms with Crippen LogP contribution >= 0.6 is 0 Å². The summed E-state index contributed by atoms with van der Waals surface area (Å²) in [5, 5.41) is 0. The van der Waals surface area contributed by atoms with E-state index in [1.165, 1.54) is 0 Å². The lowest BCUT2D eigenvalue weighted by atomic mass is 9.97. The Morgan fingerprint density at radius 2 is 2.12 bits per heavy atom. The maximum Gasteiger partial charge on any atom is 0.252 e. The van der Waals surface area contributed by atoms with Crippen LogP contribution in [0.25, 0.3) is 0 Å². The van der Waals surface area contributed by atoms with Crippen LogP contribution in [0, 0.1) is 0 Å². The lowest BCUT2D eigenvalue weighted by Gasteiger charge is -2.32. The number of fused-ring (bicyclic) bond motifs is 1. The van der Waals surface area contributed by atoms with Crippen molar-refractivity contribution in [3.63, 3.8) is 0 Å². The Hall–Kier alpha value is -1.29. The van der Waals surface area contributed by atoms with Gasteiger partial charge < -0.3 is 10.6 Å². The molecule has 0 spiro atoms. The molecule has 0 aromatic carbocycles. The van der Waals surface area contributed by atoms with Gasteiger partial charge in [-0.15, -0.1) is 0 Å². The highest BCUT2D eigenvalue weighted by Crippen LogP contribution is 2.28. The molecule has 1 aromatic rings. The molecule has 1 aliphatic rings. The Kier molecular flexibility index (Phi) is 3.24. The molecule has 2 rings (SSSR count). The van der Waals surface area contributed by atoms with Crippen LogP contribution in [0.1, 0.15) is 37.3 Å². The van der Waals surface area contributed by atoms with Crippen molar-refractivity contribution in [2.24, 2.45) is 5.73 Å². The number of hydrogen-bond donors (Lipinski definition) is 1. The number of rotatable bonds is 2. The van der Waals surface area contributed by atoms with Crippen molar-refractivity contribution < 1.29 is 0 Å². The maximum absolute atomic E-state index is 12.1. The molecule has 0 saturated heterocycles. The number of nitrogens with two attached hydrogens (primary N) is 1. The second-order valence-electron chi connectivity index (χ2n) is 5.03. The molecule has 0 saturated carbocycles. The van der Waals surface area contributed by atoms with E-state index in [4.69, 9.17) is 5.73 Å². The van der Waals surface area contributed by atoms with E-state index in [2.05, 4.69) is 18.7 Å². The third-order valence-electron chi connectivity index (χ3n) is 3.48. The van der Waals surface area contributed by atoms with E-state index in [1.807, 2.05) is 11.6 Å². The zero-order valence-electron chi connectivity index (χ0n) is 10.9. The minimum Gasteiger partial charge on any atom is -0.361 e. The smallest absolute Gasteiger partial charge is 0.252 e. The van der Waals surface area contributed by atoms with Crippen LogP contribution in [0.2, 0.25) is 0 Å². The summed E-state index contributed by atoms with van der Waals surface area (Å²) >= 11 is 0. The molecule has 4 nitrogen and oxygen atoms in total. The summed E-state index contributed by atoms with van der Waals surface area (Å²) in [6.45, 7) is 6.51. The summed E-state index contributed by atoms with van der Waals surface area (Å²) in [5.74, 6) is 1.36. The molecule has 0 fully saturated rings. The topological polar surface area (TPSA) is 51.3 Å². The fraction of sp³-hybridized carbons (Fsp3) is 0.615. The second-order valence-corrected chi connectivity index (χ2v) is 5.03. The third-order valence-corrected chi connectivity index (χ3v) is 3.48. The minimum atomic E-state index is 0.104. The molecular formula is C13H21N3O. The first-order chi connectivity index (χ1) is 8.06. The van der Waals surface area contributed by atoms with Crippen LogP contribution in [0.3, 0.4) is 0 Å². The Morgan fingerprint density at radius 1 is 1.41 bits per heavy atom. The molecule has 1 aromatic heterocycles. The van der Waals surface area contributed by atoms with Gasteiger partial charge in [0, 0.05) is 38.3 Å². The third kappa shape index (κ3) is 1.97. The lowest BCUT2D eigenvalue weighted by Crippen LogP contribution is -2.37. The van der Waals surface area contributed by atoms with Crippen molar-refractivity contribution >= 4 is 5.82 Å². The number of hydrogen-bond acceptors (Lipinski definition) is 3. The van der Waals surface area contributed by atoms with E-state index in [0.29, 0.717) is 12.5 Å². The van der Waals surface area contributed by atoms with Gasteiger partial charge in [-0.3, -0.25) is 9.36 Å². The molecule has 0 atom stereocenters. The zero-order valence-corrected chi connectivity index (χ0v) is 10.9. The monoisotopic (exact) mass is 235 g/mol. The van der Waals surface area contributed by atoms with Crippen molar-refractivity contribution in [3.8, 4) is 0 Å². The molecule has 4 heteroatoms. The molecule has 0 unspecified atom stereocenters. The van der Waals surface area contributed by atoms with Gasteiger partial charge in [0.2, 0.25) is 0 Å². The fourth-order valence-electron chi connectivity index (χ4n) is 2.64. The van der Waals surface area contributed by atoms with Crippen LogP contribution < -0.4 is 16.2 Å². The van der Waals surface area contributed by atoms with Crippen molar-refractivity contribution in [1.29, 1.82) is 0 Å². The van der Waals surface area contributed by atoms with Gasteiger partial charge in [-0.1, -0.05) is 13.8 Å². The average molecular weight is 235 g/mol. The molecule has 94 valence electrons. The van der Waals surface area contributed by atoms with Gasteiger partial charge in [0.15, 0.2) is 0 Å². The summed E-state index contributed by atoms with van der Waals surface area (Å²) in [6, 6.07) is 1.76. The second kappa shape index (κ2) is 4.53. The van der Waals surface area contributed by atoms with E-state index >= 15 is 0 Å². The standard InChI is InChI=1S/C13H21N3O/c1-9(2)10-7-12(17)16-6-4-5-15(3)13(16)11(10)8-14/h7,9H,4-6,8,14H2,1-3H3. The molecule has 2 N–H and O–H groups in total. The number of anilines is 1. The fourth-order valence-corrected chi connectivity index (χ4v) is 2.64. The van der Waals surface area contributed by atoms with Crippen LogP contribution in [-0.4, -0.2) is 18.2 Å². The highest BCUT2D eigenvalue weighted by molar-refractivity contribution is 5.53. The SMILES string of the molecule is CC(C)c1cc(=O)n2c(c1CN)N(C)CCC2. The Labute approximate surface area is 102 Å². The first-order valence-electron chi connectivity index (χ1n) is 6.24. The molecular weight excluding hydrogens is 214 g/mol. The quantitative estimate of drug-likeness (QED) is 0.840.